The predicted octanol–water partition coefficient (Wildman–Crippen LogP) is 1.96. The van der Waals surface area contributed by atoms with E-state index in [0.717, 1.165) is 24.6 Å². The minimum Gasteiger partial charge on any atom is -0.396 e. The predicted molar refractivity (Wildman–Crippen MR) is 126 cm³/mol. The molecule has 8 nitrogen and oxygen atoms in total. The quantitative estimate of drug-likeness (QED) is 0.672. The zero-order valence-corrected chi connectivity index (χ0v) is 18.8. The number of rotatable bonds is 7. The summed E-state index contributed by atoms with van der Waals surface area (Å²) in [6, 6.07) is 11.8. The van der Waals surface area contributed by atoms with Crippen LogP contribution in [0.4, 0.5) is 11.5 Å². The maximum Gasteiger partial charge on any atom is 0.255 e. The first-order valence-electron chi connectivity index (χ1n) is 11.8. The number of hydrogen-bond donors (Lipinski definition) is 2. The van der Waals surface area contributed by atoms with Crippen molar-refractivity contribution in [1.82, 2.24) is 14.8 Å². The smallest absolute Gasteiger partial charge is 0.255 e. The number of aliphatic hydroxyl groups excluding tert-OH is 1. The summed E-state index contributed by atoms with van der Waals surface area (Å²) in [5.41, 5.74) is 2.15. The van der Waals surface area contributed by atoms with E-state index in [-0.39, 0.29) is 31.0 Å². The molecule has 33 heavy (non-hydrogen) atoms. The summed E-state index contributed by atoms with van der Waals surface area (Å²) in [5.74, 6) is 1.28. The number of piperazine rings is 1. The van der Waals surface area contributed by atoms with E-state index in [4.69, 9.17) is 0 Å². The van der Waals surface area contributed by atoms with Crippen LogP contribution in [0.3, 0.4) is 0 Å². The molecule has 1 aliphatic carbocycles. The summed E-state index contributed by atoms with van der Waals surface area (Å²) in [4.78, 5) is 36.6. The van der Waals surface area contributed by atoms with Crippen molar-refractivity contribution in [3.05, 3.63) is 53.7 Å². The second kappa shape index (κ2) is 9.49. The van der Waals surface area contributed by atoms with Crippen LogP contribution in [0.15, 0.2) is 42.6 Å². The number of nitrogens with one attached hydrogen (secondary N) is 1. The van der Waals surface area contributed by atoms with Gasteiger partial charge in [0.2, 0.25) is 5.91 Å². The zero-order chi connectivity index (χ0) is 22.8. The fraction of sp³-hybridized carbons (Fsp3) is 0.480. The van der Waals surface area contributed by atoms with Crippen LogP contribution in [0.2, 0.25) is 0 Å². The van der Waals surface area contributed by atoms with Gasteiger partial charge in [0.1, 0.15) is 0 Å². The lowest BCUT2D eigenvalue weighted by molar-refractivity contribution is -0.117. The van der Waals surface area contributed by atoms with Gasteiger partial charge < -0.3 is 20.2 Å². The largest absolute Gasteiger partial charge is 0.396 e. The van der Waals surface area contributed by atoms with Crippen LogP contribution in [-0.2, 0) is 11.3 Å². The Morgan fingerprint density at radius 2 is 2.00 bits per heavy atom. The molecule has 0 spiro atoms. The highest BCUT2D eigenvalue weighted by Gasteiger charge is 2.34. The lowest BCUT2D eigenvalue weighted by atomic mass is 10.1. The molecular formula is C25H31N5O3. The molecule has 1 aromatic carbocycles. The Morgan fingerprint density at radius 3 is 2.76 bits per heavy atom. The van der Waals surface area contributed by atoms with E-state index < -0.39 is 0 Å². The van der Waals surface area contributed by atoms with E-state index in [2.05, 4.69) is 15.2 Å². The van der Waals surface area contributed by atoms with E-state index in [0.29, 0.717) is 43.1 Å². The number of benzene rings is 1. The van der Waals surface area contributed by atoms with Gasteiger partial charge in [-0.3, -0.25) is 14.5 Å². The molecule has 0 bridgehead atoms. The Bertz CT molecular complexity index is 1010. The van der Waals surface area contributed by atoms with E-state index in [1.54, 1.807) is 17.2 Å². The lowest BCUT2D eigenvalue weighted by Gasteiger charge is -2.41. The summed E-state index contributed by atoms with van der Waals surface area (Å²) in [7, 11) is 0. The maximum absolute atomic E-state index is 13.4. The molecule has 2 amide bonds. The first kappa shape index (κ1) is 21.9. The van der Waals surface area contributed by atoms with Crippen LogP contribution in [0.1, 0.15) is 35.2 Å². The summed E-state index contributed by atoms with van der Waals surface area (Å²) in [6.45, 7) is 3.90. The van der Waals surface area contributed by atoms with Gasteiger partial charge in [-0.25, -0.2) is 4.98 Å². The van der Waals surface area contributed by atoms with Crippen molar-refractivity contribution in [3.63, 3.8) is 0 Å². The van der Waals surface area contributed by atoms with Gasteiger partial charge in [0.25, 0.3) is 5.91 Å². The molecule has 1 aromatic heterocycles. The fourth-order valence-corrected chi connectivity index (χ4v) is 4.80. The van der Waals surface area contributed by atoms with Crippen LogP contribution >= 0.6 is 0 Å². The summed E-state index contributed by atoms with van der Waals surface area (Å²) >= 11 is 0. The Balaban J connectivity index is 1.34. The summed E-state index contributed by atoms with van der Waals surface area (Å²) < 4.78 is 0. The van der Waals surface area contributed by atoms with Gasteiger partial charge in [-0.05, 0) is 36.8 Å². The van der Waals surface area contributed by atoms with Crippen LogP contribution < -0.4 is 10.2 Å². The second-order valence-corrected chi connectivity index (χ2v) is 9.27. The van der Waals surface area contributed by atoms with Gasteiger partial charge >= 0.3 is 0 Å². The van der Waals surface area contributed by atoms with E-state index >= 15 is 0 Å². The van der Waals surface area contributed by atoms with Gasteiger partial charge in [0, 0.05) is 45.0 Å². The van der Waals surface area contributed by atoms with E-state index in [1.807, 2.05) is 35.2 Å². The Labute approximate surface area is 194 Å². The van der Waals surface area contributed by atoms with Crippen molar-refractivity contribution in [1.29, 1.82) is 0 Å². The van der Waals surface area contributed by atoms with Gasteiger partial charge in [0.15, 0.2) is 5.82 Å². The van der Waals surface area contributed by atoms with Crippen molar-refractivity contribution >= 4 is 23.3 Å². The molecule has 2 aliphatic heterocycles. The highest BCUT2D eigenvalue weighted by Crippen LogP contribution is 2.32. The number of aliphatic hydroxyl groups is 1. The first-order valence-corrected chi connectivity index (χ1v) is 11.8. The molecule has 3 aliphatic rings. The number of amides is 2. The van der Waals surface area contributed by atoms with Gasteiger partial charge in [0.05, 0.1) is 24.3 Å². The molecule has 1 saturated carbocycles. The molecule has 1 atom stereocenters. The average Bonchev–Trinajstić information content (AvgIpc) is 3.66. The van der Waals surface area contributed by atoms with Gasteiger partial charge in [-0.15, -0.1) is 0 Å². The highest BCUT2D eigenvalue weighted by atomic mass is 16.3. The van der Waals surface area contributed by atoms with Crippen molar-refractivity contribution in [2.24, 2.45) is 5.92 Å². The highest BCUT2D eigenvalue weighted by molar-refractivity contribution is 6.04. The molecule has 1 unspecified atom stereocenters. The monoisotopic (exact) mass is 449 g/mol. The first-order chi connectivity index (χ1) is 16.1. The van der Waals surface area contributed by atoms with Gasteiger partial charge in [-0.1, -0.05) is 30.3 Å². The molecule has 2 fully saturated rings. The van der Waals surface area contributed by atoms with E-state index in [9.17, 15) is 14.7 Å². The number of anilines is 2. The van der Waals surface area contributed by atoms with Crippen molar-refractivity contribution in [3.8, 4) is 0 Å². The number of carbonyl (C=O) groups is 2. The second-order valence-electron chi connectivity index (χ2n) is 9.27. The molecule has 1 saturated heterocycles. The standard InChI is InChI=1S/C25H31N5O3/c31-11-8-21-17-29(10-9-28(21)15-19-6-7-19)25(33)20-12-22-24(26-13-20)27-14-23(32)30(22)16-18-4-2-1-3-5-18/h1-5,12-13,19,21,31H,6-11,14-17H2,(H,26,27). The number of hydrogen-bond acceptors (Lipinski definition) is 6. The number of aromatic nitrogens is 1. The van der Waals surface area contributed by atoms with Gasteiger partial charge in [-0.2, -0.15) is 0 Å². The molecule has 2 aromatic rings. The molecule has 2 N–H and O–H groups in total. The SMILES string of the molecule is O=C(c1cnc2c(c1)N(Cc1ccccc1)C(=O)CN2)N1CCN(CC2CC2)C(CCO)C1. The fourth-order valence-electron chi connectivity index (χ4n) is 4.80. The van der Waals surface area contributed by atoms with Crippen LogP contribution in [0.25, 0.3) is 0 Å². The summed E-state index contributed by atoms with van der Waals surface area (Å²) in [5, 5.41) is 12.6. The average molecular weight is 450 g/mol. The number of carbonyl (C=O) groups excluding carboxylic acids is 2. The third-order valence-electron chi connectivity index (χ3n) is 6.84. The topological polar surface area (TPSA) is 89.0 Å². The lowest BCUT2D eigenvalue weighted by Crippen LogP contribution is -2.55. The van der Waals surface area contributed by atoms with Crippen molar-refractivity contribution in [2.45, 2.75) is 31.8 Å². The van der Waals surface area contributed by atoms with Crippen LogP contribution in [0.5, 0.6) is 0 Å². The molecule has 0 radical (unpaired) electrons. The van der Waals surface area contributed by atoms with E-state index in [1.165, 1.54) is 12.8 Å². The molecular weight excluding hydrogens is 418 g/mol. The van der Waals surface area contributed by atoms with Crippen molar-refractivity contribution < 1.29 is 14.7 Å². The number of nitrogens with zero attached hydrogens (tertiary/aromatic N) is 4. The van der Waals surface area contributed by atoms with Crippen LogP contribution in [0, 0.1) is 5.92 Å². The van der Waals surface area contributed by atoms with Crippen molar-refractivity contribution in [2.75, 3.05) is 49.5 Å². The Kier molecular flexibility index (Phi) is 6.28. The Morgan fingerprint density at radius 1 is 1.18 bits per heavy atom. The maximum atomic E-state index is 13.4. The minimum absolute atomic E-state index is 0.0468. The molecule has 8 heteroatoms. The molecule has 174 valence electrons. The zero-order valence-electron chi connectivity index (χ0n) is 18.8. The normalized spacial score (nSPS) is 21.0. The molecule has 3 heterocycles. The third kappa shape index (κ3) is 4.86. The summed E-state index contributed by atoms with van der Waals surface area (Å²) in [6.07, 6.45) is 4.85. The number of fused-ring (bicyclic) bond motifs is 1. The molecule has 5 rings (SSSR count). The van der Waals surface area contributed by atoms with Crippen LogP contribution in [-0.4, -0.2) is 77.1 Å². The third-order valence-corrected chi connectivity index (χ3v) is 6.84. The number of pyridine rings is 1. The minimum atomic E-state index is -0.0722. The Hall–Kier alpha value is -2.97.